The van der Waals surface area contributed by atoms with Gasteiger partial charge in [-0.3, -0.25) is 9.69 Å². The van der Waals surface area contributed by atoms with Gasteiger partial charge in [0.1, 0.15) is 17.6 Å². The van der Waals surface area contributed by atoms with Gasteiger partial charge in [-0.15, -0.1) is 0 Å². The number of benzene rings is 5. The monoisotopic (exact) mass is 589 g/mol. The molecule has 0 aliphatic carbocycles. The Hall–Kier alpha value is -5.71. The molecule has 220 valence electrons. The number of carbonyl (C=O) groups excluding carboxylic acids is 1. The van der Waals surface area contributed by atoms with Crippen molar-refractivity contribution in [2.45, 2.75) is 32.1 Å². The van der Waals surface area contributed by atoms with Gasteiger partial charge < -0.3 is 14.6 Å². The van der Waals surface area contributed by atoms with Crippen molar-refractivity contribution in [2.75, 3.05) is 5.32 Å². The van der Waals surface area contributed by atoms with Crippen LogP contribution in [0.1, 0.15) is 27.9 Å². The van der Waals surface area contributed by atoms with Crippen LogP contribution < -0.4 is 10.1 Å². The Morgan fingerprint density at radius 2 is 1.67 bits per heavy atom. The van der Waals surface area contributed by atoms with E-state index in [1.807, 2.05) is 97.5 Å². The number of imidazole rings is 1. The molecule has 7 heteroatoms. The summed E-state index contributed by atoms with van der Waals surface area (Å²) in [6, 6.07) is 39.5. The van der Waals surface area contributed by atoms with E-state index in [1.165, 1.54) is 0 Å². The largest absolute Gasteiger partial charge is 0.456 e. The summed E-state index contributed by atoms with van der Waals surface area (Å²) in [6.07, 6.45) is 4.21. The van der Waals surface area contributed by atoms with Crippen molar-refractivity contribution in [3.8, 4) is 17.6 Å². The summed E-state index contributed by atoms with van der Waals surface area (Å²) in [7, 11) is 0. The zero-order chi connectivity index (χ0) is 30.6. The van der Waals surface area contributed by atoms with Crippen LogP contribution in [0.15, 0.2) is 128 Å². The lowest BCUT2D eigenvalue weighted by Crippen LogP contribution is -2.45. The van der Waals surface area contributed by atoms with Crippen molar-refractivity contribution in [1.82, 2.24) is 14.5 Å². The molecule has 0 fully saturated rings. The number of anilines is 1. The van der Waals surface area contributed by atoms with Crippen LogP contribution in [0.4, 0.5) is 5.69 Å². The predicted molar refractivity (Wildman–Crippen MR) is 175 cm³/mol. The van der Waals surface area contributed by atoms with E-state index >= 15 is 0 Å². The van der Waals surface area contributed by atoms with Gasteiger partial charge >= 0.3 is 0 Å². The topological polar surface area (TPSA) is 83.2 Å². The molecule has 1 amide bonds. The smallest absolute Gasteiger partial charge is 0.242 e. The van der Waals surface area contributed by atoms with Crippen LogP contribution in [-0.2, 0) is 30.8 Å². The van der Waals surface area contributed by atoms with Crippen molar-refractivity contribution >= 4 is 22.4 Å². The minimum absolute atomic E-state index is 0.0937. The molecule has 0 spiro atoms. The van der Waals surface area contributed by atoms with Gasteiger partial charge in [0.15, 0.2) is 0 Å². The van der Waals surface area contributed by atoms with Crippen molar-refractivity contribution in [3.63, 3.8) is 0 Å². The molecule has 4 bridgehead atoms. The average Bonchev–Trinajstić information content (AvgIpc) is 3.50. The maximum Gasteiger partial charge on any atom is 0.242 e. The van der Waals surface area contributed by atoms with E-state index in [9.17, 15) is 10.1 Å². The Labute approximate surface area is 262 Å². The Kier molecular flexibility index (Phi) is 7.79. The van der Waals surface area contributed by atoms with Gasteiger partial charge in [-0.05, 0) is 58.8 Å². The molecule has 1 atom stereocenters. The maximum absolute atomic E-state index is 14.5. The first-order chi connectivity index (χ1) is 22.1. The Balaban J connectivity index is 1.38. The van der Waals surface area contributed by atoms with Crippen molar-refractivity contribution in [3.05, 3.63) is 156 Å². The quantitative estimate of drug-likeness (QED) is 0.233. The number of nitrogens with zero attached hydrogens (tertiary/aromatic N) is 4. The number of nitrogens with one attached hydrogen (secondary N) is 1. The van der Waals surface area contributed by atoms with Crippen LogP contribution in [0.2, 0.25) is 0 Å². The van der Waals surface area contributed by atoms with E-state index in [0.717, 1.165) is 33.2 Å². The summed E-state index contributed by atoms with van der Waals surface area (Å²) in [5, 5.41) is 14.9. The Morgan fingerprint density at radius 1 is 0.867 bits per heavy atom. The summed E-state index contributed by atoms with van der Waals surface area (Å²) < 4.78 is 8.41. The molecule has 0 saturated carbocycles. The number of hydrogen-bond acceptors (Lipinski definition) is 5. The van der Waals surface area contributed by atoms with Gasteiger partial charge in [-0.2, -0.15) is 5.26 Å². The van der Waals surface area contributed by atoms with E-state index in [0.29, 0.717) is 48.8 Å². The van der Waals surface area contributed by atoms with E-state index in [1.54, 1.807) is 6.07 Å². The van der Waals surface area contributed by atoms with E-state index < -0.39 is 6.04 Å². The Morgan fingerprint density at radius 3 is 2.47 bits per heavy atom. The average molecular weight is 590 g/mol. The van der Waals surface area contributed by atoms with Gasteiger partial charge in [-0.1, -0.05) is 84.9 Å². The van der Waals surface area contributed by atoms with Crippen LogP contribution in [-0.4, -0.2) is 26.4 Å². The number of hydrogen-bond donors (Lipinski definition) is 1. The lowest BCUT2D eigenvalue weighted by Gasteiger charge is -2.31. The summed E-state index contributed by atoms with van der Waals surface area (Å²) in [4.78, 5) is 21.2. The van der Waals surface area contributed by atoms with Gasteiger partial charge in [0, 0.05) is 36.9 Å². The molecule has 1 aliphatic rings. The minimum Gasteiger partial charge on any atom is -0.456 e. The maximum atomic E-state index is 14.5. The van der Waals surface area contributed by atoms with Gasteiger partial charge in [0.05, 0.1) is 23.6 Å². The van der Waals surface area contributed by atoms with Gasteiger partial charge in [0.25, 0.3) is 0 Å². The van der Waals surface area contributed by atoms with Gasteiger partial charge in [-0.25, -0.2) is 4.98 Å². The zero-order valence-electron chi connectivity index (χ0n) is 24.6. The molecule has 7 nitrogen and oxygen atoms in total. The van der Waals surface area contributed by atoms with E-state index in [-0.39, 0.29) is 5.91 Å². The number of aromatic nitrogens is 2. The molecule has 5 aromatic carbocycles. The molecular formula is C38H31N5O2. The summed E-state index contributed by atoms with van der Waals surface area (Å²) >= 11 is 0. The lowest BCUT2D eigenvalue weighted by atomic mass is 10.0. The van der Waals surface area contributed by atoms with Gasteiger partial charge in [0.2, 0.25) is 5.91 Å². The standard InChI is InChI=1S/C38H31N5O2/c39-21-31-15-14-29-19-37(31)45-33-17-16-30-12-7-13-35(34(30)20-33)41-38(44)36(18-27-8-3-1-4-9-27)42(23-28-10-5-2-6-11-28)25-32-22-40-26-43(32)24-29/h1-17,19-20,22,26,36H,18,23-25H2,(H,41,44)/t36-/m1/s1. The number of amides is 1. The Bertz CT molecular complexity index is 2010. The second-order valence-electron chi connectivity index (χ2n) is 11.3. The normalized spacial score (nSPS) is 15.2. The molecule has 0 radical (unpaired) electrons. The number of fused-ring (bicyclic) bond motifs is 4. The molecule has 0 saturated heterocycles. The number of nitriles is 1. The fraction of sp³-hybridized carbons (Fsp3) is 0.132. The summed E-state index contributed by atoms with van der Waals surface area (Å²) in [5.41, 5.74) is 5.30. The minimum atomic E-state index is -0.486. The predicted octanol–water partition coefficient (Wildman–Crippen LogP) is 7.31. The fourth-order valence-electron chi connectivity index (χ4n) is 5.96. The van der Waals surface area contributed by atoms with Crippen molar-refractivity contribution < 1.29 is 9.53 Å². The highest BCUT2D eigenvalue weighted by Crippen LogP contribution is 2.33. The first-order valence-corrected chi connectivity index (χ1v) is 15.0. The summed E-state index contributed by atoms with van der Waals surface area (Å²) in [6.45, 7) is 1.61. The third-order valence-corrected chi connectivity index (χ3v) is 8.27. The van der Waals surface area contributed by atoms with Crippen LogP contribution in [0.3, 0.4) is 0 Å². The molecule has 2 heterocycles. The summed E-state index contributed by atoms with van der Waals surface area (Å²) in [5.74, 6) is 0.974. The lowest BCUT2D eigenvalue weighted by molar-refractivity contribution is -0.121. The fourth-order valence-corrected chi connectivity index (χ4v) is 5.96. The van der Waals surface area contributed by atoms with Crippen molar-refractivity contribution in [2.24, 2.45) is 0 Å². The molecule has 45 heavy (non-hydrogen) atoms. The highest BCUT2D eigenvalue weighted by Gasteiger charge is 2.28. The third kappa shape index (κ3) is 6.19. The molecular weight excluding hydrogens is 558 g/mol. The number of carbonyl (C=O) groups is 1. The molecule has 7 rings (SSSR count). The highest BCUT2D eigenvalue weighted by atomic mass is 16.5. The SMILES string of the molecule is N#Cc1ccc2cc1Oc1ccc3cccc(c3c1)NC(=O)[C@@H](Cc1ccccc1)N(Cc1ccccc1)Cc1cncn1C2. The molecule has 6 aromatic rings. The van der Waals surface area contributed by atoms with Crippen molar-refractivity contribution in [1.29, 1.82) is 5.26 Å². The molecule has 1 aliphatic heterocycles. The third-order valence-electron chi connectivity index (χ3n) is 8.27. The highest BCUT2D eigenvalue weighted by molar-refractivity contribution is 6.04. The van der Waals surface area contributed by atoms with Crippen LogP contribution >= 0.6 is 0 Å². The molecule has 1 N–H and O–H groups in total. The van der Waals surface area contributed by atoms with Crippen LogP contribution in [0, 0.1) is 11.3 Å². The van der Waals surface area contributed by atoms with Crippen LogP contribution in [0.5, 0.6) is 11.5 Å². The zero-order valence-corrected chi connectivity index (χ0v) is 24.6. The van der Waals surface area contributed by atoms with Crippen LogP contribution in [0.25, 0.3) is 10.8 Å². The second kappa shape index (κ2) is 12.5. The molecule has 1 aromatic heterocycles. The van der Waals surface area contributed by atoms with E-state index in [4.69, 9.17) is 4.74 Å². The number of rotatable bonds is 4. The second-order valence-corrected chi connectivity index (χ2v) is 11.3. The van der Waals surface area contributed by atoms with E-state index in [2.05, 4.69) is 50.1 Å². The number of ether oxygens (including phenoxy) is 1. The molecule has 0 unspecified atom stereocenters. The first-order valence-electron chi connectivity index (χ1n) is 15.0. The first kappa shape index (κ1) is 28.1.